The molecule has 1 amide bonds. The summed E-state index contributed by atoms with van der Waals surface area (Å²) >= 11 is 0. The highest BCUT2D eigenvalue weighted by Crippen LogP contribution is 2.43. The minimum Gasteiger partial charge on any atom is -0.508 e. The van der Waals surface area contributed by atoms with Crippen molar-refractivity contribution in [3.63, 3.8) is 0 Å². The molecule has 2 N–H and O–H groups in total. The maximum absolute atomic E-state index is 13.4. The molecule has 0 bridgehead atoms. The summed E-state index contributed by atoms with van der Waals surface area (Å²) in [5, 5.41) is 21.6. The molecule has 1 atom stereocenters. The van der Waals surface area contributed by atoms with Gasteiger partial charge in [0.15, 0.2) is 0 Å². The Balaban J connectivity index is 1.67. The minimum atomic E-state index is -0.858. The van der Waals surface area contributed by atoms with Gasteiger partial charge in [-0.2, -0.15) is 0 Å². The molecule has 5 rings (SSSR count). The van der Waals surface area contributed by atoms with Crippen molar-refractivity contribution in [2.45, 2.75) is 51.5 Å². The van der Waals surface area contributed by atoms with Crippen LogP contribution in [0.2, 0.25) is 0 Å². The summed E-state index contributed by atoms with van der Waals surface area (Å²) in [4.78, 5) is 28.1. The number of ketones is 1. The number of Topliss-reactive ketones (excluding diaryl/α,β-unsaturated/α-hetero) is 1. The number of aryl methyl sites for hydroxylation is 2. The lowest BCUT2D eigenvalue weighted by molar-refractivity contribution is -0.132. The van der Waals surface area contributed by atoms with E-state index in [2.05, 4.69) is 13.8 Å². The van der Waals surface area contributed by atoms with Crippen LogP contribution in [0.25, 0.3) is 5.76 Å². The van der Waals surface area contributed by atoms with Crippen molar-refractivity contribution in [3.8, 4) is 5.75 Å². The number of hydrogen-bond donors (Lipinski definition) is 2. The van der Waals surface area contributed by atoms with Crippen LogP contribution < -0.4 is 4.90 Å². The first kappa shape index (κ1) is 22.9. The summed E-state index contributed by atoms with van der Waals surface area (Å²) in [6.07, 6.45) is 4.19. The molecule has 1 fully saturated rings. The van der Waals surface area contributed by atoms with Crippen molar-refractivity contribution in [1.29, 1.82) is 0 Å². The van der Waals surface area contributed by atoms with Crippen molar-refractivity contribution < 1.29 is 19.8 Å². The number of benzene rings is 3. The Labute approximate surface area is 205 Å². The molecule has 3 aromatic rings. The number of phenols is 1. The zero-order chi connectivity index (χ0) is 24.7. The van der Waals surface area contributed by atoms with Crippen LogP contribution in [0.4, 0.5) is 5.69 Å². The van der Waals surface area contributed by atoms with Crippen LogP contribution in [0, 0.1) is 0 Å². The highest BCUT2D eigenvalue weighted by atomic mass is 16.3. The average Bonchev–Trinajstić information content (AvgIpc) is 3.13. The van der Waals surface area contributed by atoms with Gasteiger partial charge in [-0.15, -0.1) is 0 Å². The molecule has 5 heteroatoms. The van der Waals surface area contributed by atoms with Crippen molar-refractivity contribution in [1.82, 2.24) is 0 Å². The third-order valence-corrected chi connectivity index (χ3v) is 7.09. The minimum absolute atomic E-state index is 0.0250. The monoisotopic (exact) mass is 467 g/mol. The molecule has 3 aromatic carbocycles. The molecule has 1 unspecified atom stereocenters. The Kier molecular flexibility index (Phi) is 5.93. The van der Waals surface area contributed by atoms with E-state index in [4.69, 9.17) is 0 Å². The summed E-state index contributed by atoms with van der Waals surface area (Å²) in [5.74, 6) is -1.27. The largest absolute Gasteiger partial charge is 0.508 e. The molecule has 1 aliphatic carbocycles. The number of hydrogen-bond acceptors (Lipinski definition) is 4. The van der Waals surface area contributed by atoms with E-state index in [0.717, 1.165) is 31.2 Å². The van der Waals surface area contributed by atoms with E-state index in [0.29, 0.717) is 22.7 Å². The molecular formula is C30H29NO4. The number of aromatic hydroxyl groups is 1. The Morgan fingerprint density at radius 3 is 2.31 bits per heavy atom. The second kappa shape index (κ2) is 9.06. The van der Waals surface area contributed by atoms with Gasteiger partial charge >= 0.3 is 0 Å². The first-order valence-electron chi connectivity index (χ1n) is 12.2. The van der Waals surface area contributed by atoms with Gasteiger partial charge in [0, 0.05) is 11.3 Å². The Hall–Kier alpha value is -3.86. The first-order valence-corrected chi connectivity index (χ1v) is 12.2. The highest BCUT2D eigenvalue weighted by Gasteiger charge is 2.47. The fraction of sp³-hybridized carbons (Fsp3) is 0.267. The van der Waals surface area contributed by atoms with Crippen LogP contribution in [0.1, 0.15) is 66.5 Å². The summed E-state index contributed by atoms with van der Waals surface area (Å²) in [6, 6.07) is 19.0. The summed E-state index contributed by atoms with van der Waals surface area (Å²) in [6.45, 7) is 4.18. The Morgan fingerprint density at radius 1 is 0.914 bits per heavy atom. The number of carbonyl (C=O) groups excluding carboxylic acids is 2. The van der Waals surface area contributed by atoms with E-state index in [1.807, 2.05) is 42.5 Å². The Morgan fingerprint density at radius 2 is 1.63 bits per heavy atom. The van der Waals surface area contributed by atoms with Gasteiger partial charge in [0.25, 0.3) is 11.7 Å². The number of amides is 1. The van der Waals surface area contributed by atoms with Gasteiger partial charge in [-0.3, -0.25) is 14.5 Å². The lowest BCUT2D eigenvalue weighted by Crippen LogP contribution is -2.29. The molecule has 1 saturated heterocycles. The van der Waals surface area contributed by atoms with Crippen LogP contribution >= 0.6 is 0 Å². The fourth-order valence-electron chi connectivity index (χ4n) is 5.17. The van der Waals surface area contributed by atoms with E-state index in [9.17, 15) is 19.8 Å². The number of phenolic OH excluding ortho intramolecular Hbond substituents is 1. The third kappa shape index (κ3) is 4.12. The van der Waals surface area contributed by atoms with E-state index >= 15 is 0 Å². The standard InChI is InChI=1S/C30H29NO4/c1-18(2)19-12-14-24(15-13-19)31-27(22-8-5-9-25(32)17-22)26(29(34)30(31)35)28(33)23-11-10-20-6-3-4-7-21(20)16-23/h5,8-18,27,32-33H,3-4,6-7H2,1-2H3/b28-26-. The van der Waals surface area contributed by atoms with Crippen molar-refractivity contribution >= 4 is 23.1 Å². The van der Waals surface area contributed by atoms with Gasteiger partial charge in [0.1, 0.15) is 11.5 Å². The van der Waals surface area contributed by atoms with Crippen LogP contribution in [0.5, 0.6) is 5.75 Å². The molecule has 5 nitrogen and oxygen atoms in total. The van der Waals surface area contributed by atoms with E-state index in [1.54, 1.807) is 12.1 Å². The number of rotatable bonds is 4. The number of fused-ring (bicyclic) bond motifs is 1. The molecule has 2 aliphatic rings. The zero-order valence-corrected chi connectivity index (χ0v) is 20.0. The van der Waals surface area contributed by atoms with Gasteiger partial charge < -0.3 is 10.2 Å². The van der Waals surface area contributed by atoms with E-state index in [-0.39, 0.29) is 17.1 Å². The molecule has 0 saturated carbocycles. The number of aliphatic hydroxyl groups is 1. The van der Waals surface area contributed by atoms with Crippen LogP contribution in [0.15, 0.2) is 72.3 Å². The molecule has 0 aromatic heterocycles. The van der Waals surface area contributed by atoms with Crippen molar-refractivity contribution in [3.05, 3.63) is 100 Å². The summed E-state index contributed by atoms with van der Waals surface area (Å²) in [5.41, 5.74) is 5.24. The second-order valence-electron chi connectivity index (χ2n) is 9.70. The quantitative estimate of drug-likeness (QED) is 0.279. The average molecular weight is 468 g/mol. The molecule has 0 radical (unpaired) electrons. The molecule has 1 heterocycles. The summed E-state index contributed by atoms with van der Waals surface area (Å²) < 4.78 is 0. The maximum atomic E-state index is 13.4. The number of nitrogens with zero attached hydrogens (tertiary/aromatic N) is 1. The normalized spacial score (nSPS) is 19.3. The van der Waals surface area contributed by atoms with Gasteiger partial charge in [-0.1, -0.05) is 50.2 Å². The lowest BCUT2D eigenvalue weighted by Gasteiger charge is -2.26. The first-order chi connectivity index (χ1) is 16.8. The summed E-state index contributed by atoms with van der Waals surface area (Å²) in [7, 11) is 0. The topological polar surface area (TPSA) is 77.8 Å². The molecule has 0 spiro atoms. The lowest BCUT2D eigenvalue weighted by atomic mass is 9.88. The second-order valence-corrected chi connectivity index (χ2v) is 9.70. The third-order valence-electron chi connectivity index (χ3n) is 7.09. The van der Waals surface area contributed by atoms with Crippen LogP contribution in [-0.2, 0) is 22.4 Å². The number of carbonyl (C=O) groups is 2. The fourth-order valence-corrected chi connectivity index (χ4v) is 5.17. The van der Waals surface area contributed by atoms with E-state index in [1.165, 1.54) is 28.2 Å². The molecule has 35 heavy (non-hydrogen) atoms. The predicted molar refractivity (Wildman–Crippen MR) is 137 cm³/mol. The van der Waals surface area contributed by atoms with Gasteiger partial charge in [-0.25, -0.2) is 0 Å². The number of aliphatic hydroxyl groups excluding tert-OH is 1. The number of anilines is 1. The van der Waals surface area contributed by atoms with Gasteiger partial charge in [0.2, 0.25) is 0 Å². The SMILES string of the molecule is CC(C)c1ccc(N2C(=O)C(=O)/C(=C(\O)c3ccc4c(c3)CCCC4)C2c2cccc(O)c2)cc1. The smallest absolute Gasteiger partial charge is 0.300 e. The van der Waals surface area contributed by atoms with E-state index < -0.39 is 17.7 Å². The van der Waals surface area contributed by atoms with Crippen LogP contribution in [0.3, 0.4) is 0 Å². The molecule has 178 valence electrons. The van der Waals surface area contributed by atoms with Gasteiger partial charge in [-0.05, 0) is 84.2 Å². The van der Waals surface area contributed by atoms with Crippen molar-refractivity contribution in [2.75, 3.05) is 4.90 Å². The molecule has 1 aliphatic heterocycles. The van der Waals surface area contributed by atoms with Crippen LogP contribution in [-0.4, -0.2) is 21.9 Å². The maximum Gasteiger partial charge on any atom is 0.300 e. The van der Waals surface area contributed by atoms with Crippen molar-refractivity contribution in [2.24, 2.45) is 0 Å². The zero-order valence-electron chi connectivity index (χ0n) is 20.0. The Bertz CT molecular complexity index is 1340. The van der Waals surface area contributed by atoms with Gasteiger partial charge in [0.05, 0.1) is 11.6 Å². The highest BCUT2D eigenvalue weighted by molar-refractivity contribution is 6.51. The predicted octanol–water partition coefficient (Wildman–Crippen LogP) is 6.02. The molecular weight excluding hydrogens is 438 g/mol.